The van der Waals surface area contributed by atoms with Crippen molar-refractivity contribution < 1.29 is 9.53 Å². The summed E-state index contributed by atoms with van der Waals surface area (Å²) in [5.74, 6) is 0. The molecular weight excluding hydrogens is 245 g/mol. The van der Waals surface area contributed by atoms with Crippen LogP contribution in [-0.4, -0.2) is 16.2 Å². The molecule has 0 heterocycles. The summed E-state index contributed by atoms with van der Waals surface area (Å²) in [5.41, 5.74) is -0.400. The molecule has 0 unspecified atom stereocenters. The fourth-order valence-corrected chi connectivity index (χ4v) is 0.773. The van der Waals surface area contributed by atoms with E-state index in [1.165, 1.54) is 0 Å². The van der Waals surface area contributed by atoms with Crippen molar-refractivity contribution >= 4 is 31.6 Å². The molecule has 3 nitrogen and oxygen atoms in total. The van der Waals surface area contributed by atoms with Crippen molar-refractivity contribution in [3.8, 4) is 0 Å². The minimum atomic E-state index is -0.462. The minimum absolute atomic E-state index is 0.365. The highest BCUT2D eigenvalue weighted by atomic mass is 127. The lowest BCUT2D eigenvalue weighted by molar-refractivity contribution is 0.0583. The smallest absolute Gasteiger partial charge is 0.416 e. The maximum absolute atomic E-state index is 10.7. The zero-order valence-electron chi connectivity index (χ0n) is 6.40. The molecule has 0 spiro atoms. The van der Waals surface area contributed by atoms with Crippen molar-refractivity contribution in [1.29, 1.82) is 0 Å². The molecule has 0 aromatic rings. The van der Waals surface area contributed by atoms with Crippen LogP contribution >= 0.6 is 21.0 Å². The van der Waals surface area contributed by atoms with Crippen LogP contribution in [0.4, 0.5) is 4.79 Å². The second-order valence-corrected chi connectivity index (χ2v) is 4.03. The Hall–Kier alpha value is -0.130. The van der Waals surface area contributed by atoms with Gasteiger partial charge < -0.3 is 4.74 Å². The Kier molecular flexibility index (Phi) is 3.85. The van der Waals surface area contributed by atoms with Gasteiger partial charge in [-0.05, 0) is 46.3 Å². The summed E-state index contributed by atoms with van der Waals surface area (Å²) in [4.78, 5) is 10.7. The first-order valence-corrected chi connectivity index (χ1v) is 5.42. The average molecular weight is 257 g/mol. The van der Waals surface area contributed by atoms with Crippen LogP contribution in [-0.2, 0) is 4.74 Å². The molecule has 1 N–H and O–H groups in total. The Morgan fingerprint density at radius 2 is 2.10 bits per heavy atom. The predicted molar refractivity (Wildman–Crippen MR) is 50.5 cm³/mol. The third kappa shape index (κ3) is 6.00. The SMILES string of the molecule is C=INC(=O)OC(C)(C)C. The molecule has 1 amide bonds. The molecule has 0 rings (SSSR count). The van der Waals surface area contributed by atoms with Gasteiger partial charge in [-0.15, -0.1) is 0 Å². The van der Waals surface area contributed by atoms with E-state index in [2.05, 4.69) is 8.04 Å². The molecule has 0 fully saturated rings. The molecule has 0 aliphatic carbocycles. The molecule has 0 aromatic heterocycles. The molecule has 0 aliphatic rings. The number of rotatable bonds is 1. The lowest BCUT2D eigenvalue weighted by atomic mass is 10.2. The maximum atomic E-state index is 10.7. The van der Waals surface area contributed by atoms with Crippen molar-refractivity contribution in [1.82, 2.24) is 3.53 Å². The molecule has 0 radical (unpaired) electrons. The van der Waals surface area contributed by atoms with Crippen LogP contribution in [0.5, 0.6) is 0 Å². The number of amides is 1. The van der Waals surface area contributed by atoms with Gasteiger partial charge in [-0.25, -0.2) is 4.79 Å². The van der Waals surface area contributed by atoms with Gasteiger partial charge in [-0.3, -0.25) is 3.53 Å². The maximum Gasteiger partial charge on any atom is 0.416 e. The van der Waals surface area contributed by atoms with E-state index in [0.717, 1.165) is 0 Å². The third-order valence-corrected chi connectivity index (χ3v) is 1.36. The molecule has 0 saturated carbocycles. The molecule has 10 heavy (non-hydrogen) atoms. The fraction of sp³-hybridized carbons (Fsp3) is 0.667. The van der Waals surface area contributed by atoms with Gasteiger partial charge in [0.05, 0.1) is 0 Å². The van der Waals surface area contributed by atoms with Crippen LogP contribution in [0.15, 0.2) is 0 Å². The van der Waals surface area contributed by atoms with Crippen molar-refractivity contribution in [2.75, 3.05) is 0 Å². The lowest BCUT2D eigenvalue weighted by Gasteiger charge is -2.18. The van der Waals surface area contributed by atoms with E-state index < -0.39 is 26.6 Å². The summed E-state index contributed by atoms with van der Waals surface area (Å²) in [7, 11) is 0. The normalized spacial score (nSPS) is 10.7. The lowest BCUT2D eigenvalue weighted by Crippen LogP contribution is -2.27. The summed E-state index contributed by atoms with van der Waals surface area (Å²) >= 11 is -0.462. The van der Waals surface area contributed by atoms with Crippen LogP contribution in [0.2, 0.25) is 0 Å². The number of carbonyl (C=O) groups is 1. The van der Waals surface area contributed by atoms with Crippen LogP contribution in [0.1, 0.15) is 20.8 Å². The Balaban J connectivity index is 3.68. The highest BCUT2D eigenvalue weighted by Crippen LogP contribution is 2.06. The monoisotopic (exact) mass is 257 g/mol. The number of carbonyl (C=O) groups excluding carboxylic acids is 1. The molecule has 0 atom stereocenters. The summed E-state index contributed by atoms with van der Waals surface area (Å²) < 4.78 is 11.0. The van der Waals surface area contributed by atoms with Gasteiger partial charge >= 0.3 is 6.09 Å². The standard InChI is InChI=1S/C6H12INO2/c1-6(2,3)10-5(9)8-7-4/h4H2,1-3H3,(H,8,9). The van der Waals surface area contributed by atoms with Crippen molar-refractivity contribution in [3.63, 3.8) is 0 Å². The summed E-state index contributed by atoms with van der Waals surface area (Å²) in [6, 6.07) is 0. The Morgan fingerprint density at radius 3 is 2.40 bits per heavy atom. The first-order chi connectivity index (χ1) is 4.45. The van der Waals surface area contributed by atoms with Crippen LogP contribution in [0.25, 0.3) is 0 Å². The zero-order chi connectivity index (χ0) is 8.20. The van der Waals surface area contributed by atoms with Crippen LogP contribution in [0.3, 0.4) is 0 Å². The van der Waals surface area contributed by atoms with E-state index in [4.69, 9.17) is 4.74 Å². The van der Waals surface area contributed by atoms with Crippen molar-refractivity contribution in [2.24, 2.45) is 0 Å². The summed E-state index contributed by atoms with van der Waals surface area (Å²) in [6.45, 7) is 5.48. The van der Waals surface area contributed by atoms with Crippen LogP contribution in [0, 0.1) is 0 Å². The van der Waals surface area contributed by atoms with Gasteiger partial charge in [0.1, 0.15) is 5.60 Å². The Morgan fingerprint density at radius 1 is 1.60 bits per heavy atom. The second-order valence-electron chi connectivity index (χ2n) is 2.73. The van der Waals surface area contributed by atoms with Gasteiger partial charge in [0, 0.05) is 0 Å². The fourth-order valence-electron chi connectivity index (χ4n) is 0.352. The van der Waals surface area contributed by atoms with E-state index >= 15 is 0 Å². The first-order valence-electron chi connectivity index (χ1n) is 2.82. The quantitative estimate of drug-likeness (QED) is 0.574. The molecule has 4 heteroatoms. The Labute approximate surface area is 71.2 Å². The number of hydrogen-bond acceptors (Lipinski definition) is 2. The average Bonchev–Trinajstić information content (AvgIpc) is 1.59. The van der Waals surface area contributed by atoms with Crippen LogP contribution < -0.4 is 3.53 Å². The number of halogens is 1. The number of hydrogen-bond donors (Lipinski definition) is 1. The topological polar surface area (TPSA) is 38.3 Å². The summed E-state index contributed by atoms with van der Waals surface area (Å²) in [6.07, 6.45) is -0.365. The molecule has 0 aromatic carbocycles. The Bertz CT molecular complexity index is 139. The third-order valence-electron chi connectivity index (χ3n) is 0.543. The van der Waals surface area contributed by atoms with Gasteiger partial charge in [-0.1, -0.05) is 0 Å². The van der Waals surface area contributed by atoms with E-state index in [-0.39, 0.29) is 6.09 Å². The van der Waals surface area contributed by atoms with Crippen molar-refractivity contribution in [2.45, 2.75) is 26.4 Å². The van der Waals surface area contributed by atoms with E-state index in [1.807, 2.05) is 20.8 Å². The van der Waals surface area contributed by atoms with Gasteiger partial charge in [0.25, 0.3) is 0 Å². The molecular formula is C6H12INO2. The molecule has 0 aliphatic heterocycles. The van der Waals surface area contributed by atoms with Crippen molar-refractivity contribution in [3.05, 3.63) is 0 Å². The highest BCUT2D eigenvalue weighted by molar-refractivity contribution is 14.2. The minimum Gasteiger partial charge on any atom is -0.443 e. The van der Waals surface area contributed by atoms with E-state index in [1.54, 1.807) is 0 Å². The largest absolute Gasteiger partial charge is 0.443 e. The molecule has 0 bridgehead atoms. The highest BCUT2D eigenvalue weighted by Gasteiger charge is 2.14. The molecule has 60 valence electrons. The molecule has 0 saturated heterocycles. The van der Waals surface area contributed by atoms with Gasteiger partial charge in [0.2, 0.25) is 0 Å². The van der Waals surface area contributed by atoms with E-state index in [9.17, 15) is 4.79 Å². The predicted octanol–water partition coefficient (Wildman–Crippen LogP) is 1.83. The van der Waals surface area contributed by atoms with E-state index in [0.29, 0.717) is 0 Å². The zero-order valence-corrected chi connectivity index (χ0v) is 8.56. The number of ether oxygens (including phenoxy) is 1. The van der Waals surface area contributed by atoms with Gasteiger partial charge in [-0.2, -0.15) is 0 Å². The first kappa shape index (κ1) is 9.87. The number of nitrogens with one attached hydrogen (secondary N) is 1. The second kappa shape index (κ2) is 3.90. The summed E-state index contributed by atoms with van der Waals surface area (Å²) in [5, 5.41) is 0. The van der Waals surface area contributed by atoms with Gasteiger partial charge in [0.15, 0.2) is 0 Å².